The maximum Gasteiger partial charge on any atom is 0.255 e. The van der Waals surface area contributed by atoms with Gasteiger partial charge in [-0.15, -0.1) is 0 Å². The van der Waals surface area contributed by atoms with Gasteiger partial charge >= 0.3 is 0 Å². The smallest absolute Gasteiger partial charge is 0.255 e. The van der Waals surface area contributed by atoms with Gasteiger partial charge in [0.1, 0.15) is 5.75 Å². The minimum atomic E-state index is -0.275. The average molecular weight is 467 g/mol. The average Bonchev–Trinajstić information content (AvgIpc) is 2.69. The summed E-state index contributed by atoms with van der Waals surface area (Å²) >= 11 is 3.44. The van der Waals surface area contributed by atoms with Gasteiger partial charge in [-0.25, -0.2) is 0 Å². The summed E-state index contributed by atoms with van der Waals surface area (Å²) in [5.41, 5.74) is 3.26. The summed E-state index contributed by atoms with van der Waals surface area (Å²) < 4.78 is 6.38. The van der Waals surface area contributed by atoms with Crippen LogP contribution in [0.15, 0.2) is 71.2 Å². The maximum atomic E-state index is 12.6. The molecule has 0 saturated heterocycles. The van der Waals surface area contributed by atoms with Crippen molar-refractivity contribution in [1.29, 1.82) is 0 Å². The second-order valence-corrected chi connectivity index (χ2v) is 8.02. The number of rotatable bonds is 6. The monoisotopic (exact) mass is 466 g/mol. The second kappa shape index (κ2) is 9.59. The van der Waals surface area contributed by atoms with Crippen molar-refractivity contribution < 1.29 is 14.3 Å². The number of amides is 2. The van der Waals surface area contributed by atoms with E-state index in [-0.39, 0.29) is 17.9 Å². The molecule has 6 heteroatoms. The third-order valence-corrected chi connectivity index (χ3v) is 4.84. The number of halogens is 1. The van der Waals surface area contributed by atoms with E-state index in [1.54, 1.807) is 42.5 Å². The third kappa shape index (κ3) is 5.70. The predicted molar refractivity (Wildman–Crippen MR) is 123 cm³/mol. The van der Waals surface area contributed by atoms with E-state index in [0.717, 1.165) is 11.3 Å². The van der Waals surface area contributed by atoms with Crippen LogP contribution in [0.4, 0.5) is 11.4 Å². The first-order valence-electron chi connectivity index (χ1n) is 9.57. The topological polar surface area (TPSA) is 67.4 Å². The number of nitrogens with one attached hydrogen (secondary N) is 2. The highest BCUT2D eigenvalue weighted by Gasteiger charge is 2.12. The largest absolute Gasteiger partial charge is 0.490 e. The number of hydrogen-bond donors (Lipinski definition) is 2. The van der Waals surface area contributed by atoms with Crippen LogP contribution >= 0.6 is 15.9 Å². The number of anilines is 2. The van der Waals surface area contributed by atoms with Crippen molar-refractivity contribution in [3.63, 3.8) is 0 Å². The molecule has 0 fully saturated rings. The van der Waals surface area contributed by atoms with Crippen molar-refractivity contribution in [2.45, 2.75) is 26.9 Å². The molecule has 2 amide bonds. The van der Waals surface area contributed by atoms with E-state index in [1.165, 1.54) is 0 Å². The lowest BCUT2D eigenvalue weighted by Gasteiger charge is -2.13. The molecule has 0 heterocycles. The molecule has 154 valence electrons. The fraction of sp³-hybridized carbons (Fsp3) is 0.167. The molecule has 0 aliphatic carbocycles. The molecule has 5 nitrogen and oxygen atoms in total. The molecule has 0 radical (unpaired) electrons. The summed E-state index contributed by atoms with van der Waals surface area (Å²) in [6, 6.07) is 19.6. The molecule has 30 heavy (non-hydrogen) atoms. The quantitative estimate of drug-likeness (QED) is 0.464. The summed E-state index contributed by atoms with van der Waals surface area (Å²) in [4.78, 5) is 25.2. The van der Waals surface area contributed by atoms with E-state index in [0.29, 0.717) is 27.0 Å². The molecule has 0 aliphatic rings. The Kier molecular flexibility index (Phi) is 6.90. The molecule has 0 spiro atoms. The van der Waals surface area contributed by atoms with Crippen LogP contribution in [-0.2, 0) is 0 Å². The molecule has 3 rings (SSSR count). The fourth-order valence-electron chi connectivity index (χ4n) is 2.86. The summed E-state index contributed by atoms with van der Waals surface area (Å²) in [5.74, 6) is 0.161. The number of benzene rings is 3. The van der Waals surface area contributed by atoms with Crippen molar-refractivity contribution >= 4 is 39.1 Å². The van der Waals surface area contributed by atoms with Crippen LogP contribution in [-0.4, -0.2) is 17.9 Å². The zero-order valence-electron chi connectivity index (χ0n) is 17.0. The Morgan fingerprint density at radius 3 is 2.03 bits per heavy atom. The lowest BCUT2D eigenvalue weighted by Crippen LogP contribution is -2.15. The lowest BCUT2D eigenvalue weighted by molar-refractivity contribution is 0.101. The van der Waals surface area contributed by atoms with Gasteiger partial charge < -0.3 is 15.4 Å². The molecule has 0 aliphatic heterocycles. The highest BCUT2D eigenvalue weighted by atomic mass is 79.9. The van der Waals surface area contributed by atoms with Crippen LogP contribution < -0.4 is 15.4 Å². The SMILES string of the molecule is Cc1cccc(NC(=O)c2cccc(NC(=O)c3ccc(OC(C)C)c(Br)c3)c2)c1. The fourth-order valence-corrected chi connectivity index (χ4v) is 3.33. The van der Waals surface area contributed by atoms with Crippen molar-refractivity contribution in [1.82, 2.24) is 0 Å². The van der Waals surface area contributed by atoms with E-state index in [4.69, 9.17) is 4.74 Å². The van der Waals surface area contributed by atoms with Gasteiger partial charge in [-0.1, -0.05) is 18.2 Å². The van der Waals surface area contributed by atoms with Gasteiger partial charge in [0.05, 0.1) is 10.6 Å². The first-order chi connectivity index (χ1) is 14.3. The van der Waals surface area contributed by atoms with Crippen molar-refractivity contribution in [2.75, 3.05) is 10.6 Å². The minimum absolute atomic E-state index is 0.0367. The number of carbonyl (C=O) groups excluding carboxylic acids is 2. The Labute approximate surface area is 184 Å². The second-order valence-electron chi connectivity index (χ2n) is 7.17. The highest BCUT2D eigenvalue weighted by molar-refractivity contribution is 9.10. The predicted octanol–water partition coefficient (Wildman–Crippen LogP) is 6.05. The standard InChI is InChI=1S/C24H23BrN2O3/c1-15(2)30-22-11-10-18(14-21(22)25)24(29)27-20-9-5-7-17(13-20)23(28)26-19-8-4-6-16(3)12-19/h4-15H,1-3H3,(H,26,28)(H,27,29). The molecular weight excluding hydrogens is 444 g/mol. The molecule has 0 atom stereocenters. The summed E-state index contributed by atoms with van der Waals surface area (Å²) in [5, 5.41) is 5.70. The van der Waals surface area contributed by atoms with E-state index in [2.05, 4.69) is 26.6 Å². The van der Waals surface area contributed by atoms with Gasteiger partial charge in [0.2, 0.25) is 0 Å². The highest BCUT2D eigenvalue weighted by Crippen LogP contribution is 2.27. The Hall–Kier alpha value is -3.12. The van der Waals surface area contributed by atoms with Gasteiger partial charge in [-0.05, 0) is 90.8 Å². The summed E-state index contributed by atoms with van der Waals surface area (Å²) in [7, 11) is 0. The number of hydrogen-bond acceptors (Lipinski definition) is 3. The minimum Gasteiger partial charge on any atom is -0.490 e. The molecule has 3 aromatic carbocycles. The van der Waals surface area contributed by atoms with Crippen LogP contribution in [0.25, 0.3) is 0 Å². The first-order valence-corrected chi connectivity index (χ1v) is 10.4. The van der Waals surface area contributed by atoms with Gasteiger partial charge in [-0.3, -0.25) is 9.59 Å². The van der Waals surface area contributed by atoms with Gasteiger partial charge in [0.25, 0.3) is 11.8 Å². The number of carbonyl (C=O) groups is 2. The zero-order chi connectivity index (χ0) is 21.7. The molecule has 2 N–H and O–H groups in total. The third-order valence-electron chi connectivity index (χ3n) is 4.22. The van der Waals surface area contributed by atoms with Crippen molar-refractivity contribution in [3.8, 4) is 5.75 Å². The Morgan fingerprint density at radius 1 is 0.833 bits per heavy atom. The molecule has 3 aromatic rings. The van der Waals surface area contributed by atoms with E-state index < -0.39 is 0 Å². The summed E-state index contributed by atoms with van der Waals surface area (Å²) in [6.45, 7) is 5.84. The number of ether oxygens (including phenoxy) is 1. The van der Waals surface area contributed by atoms with Crippen LogP contribution in [0.1, 0.15) is 40.1 Å². The zero-order valence-corrected chi connectivity index (χ0v) is 18.6. The Bertz CT molecular complexity index is 1080. The van der Waals surface area contributed by atoms with Crippen LogP contribution in [0.2, 0.25) is 0 Å². The van der Waals surface area contributed by atoms with Crippen LogP contribution in [0.5, 0.6) is 5.75 Å². The molecule has 0 bridgehead atoms. The van der Waals surface area contributed by atoms with E-state index in [9.17, 15) is 9.59 Å². The summed E-state index contributed by atoms with van der Waals surface area (Å²) in [6.07, 6.45) is 0.0367. The van der Waals surface area contributed by atoms with Gasteiger partial charge in [0, 0.05) is 22.5 Å². The normalized spacial score (nSPS) is 10.6. The molecule has 0 aromatic heterocycles. The van der Waals surface area contributed by atoms with Crippen LogP contribution in [0, 0.1) is 6.92 Å². The molecule has 0 unspecified atom stereocenters. The first kappa shape index (κ1) is 21.6. The van der Waals surface area contributed by atoms with Crippen molar-refractivity contribution in [2.24, 2.45) is 0 Å². The lowest BCUT2D eigenvalue weighted by atomic mass is 10.1. The Balaban J connectivity index is 1.71. The molecular formula is C24H23BrN2O3. The van der Waals surface area contributed by atoms with E-state index in [1.807, 2.05) is 45.0 Å². The van der Waals surface area contributed by atoms with Crippen LogP contribution in [0.3, 0.4) is 0 Å². The van der Waals surface area contributed by atoms with Gasteiger partial charge in [0.15, 0.2) is 0 Å². The van der Waals surface area contributed by atoms with E-state index >= 15 is 0 Å². The maximum absolute atomic E-state index is 12.6. The Morgan fingerprint density at radius 2 is 1.43 bits per heavy atom. The van der Waals surface area contributed by atoms with Gasteiger partial charge in [-0.2, -0.15) is 0 Å². The number of aryl methyl sites for hydroxylation is 1. The van der Waals surface area contributed by atoms with Crippen molar-refractivity contribution in [3.05, 3.63) is 87.9 Å². The molecule has 0 saturated carbocycles.